The lowest BCUT2D eigenvalue weighted by atomic mass is 10.0. The normalized spacial score (nSPS) is 18.1. The molecule has 0 spiro atoms. The maximum absolute atomic E-state index is 13.9. The smallest absolute Gasteiger partial charge is 0.162 e. The monoisotopic (exact) mass is 464 g/mol. The van der Waals surface area contributed by atoms with E-state index < -0.39 is 17.9 Å². The molecule has 0 bridgehead atoms. The number of anilines is 2. The van der Waals surface area contributed by atoms with E-state index in [-0.39, 0.29) is 17.5 Å². The van der Waals surface area contributed by atoms with Crippen LogP contribution in [0.15, 0.2) is 66.9 Å². The molecular formula is C27H30F2N4O. The van der Waals surface area contributed by atoms with Gasteiger partial charge in [-0.3, -0.25) is 5.32 Å². The minimum Gasteiger partial charge on any atom is -0.379 e. The summed E-state index contributed by atoms with van der Waals surface area (Å²) in [6, 6.07) is 18.7. The summed E-state index contributed by atoms with van der Waals surface area (Å²) in [5, 5.41) is 14.0. The van der Waals surface area contributed by atoms with E-state index >= 15 is 0 Å². The van der Waals surface area contributed by atoms with Gasteiger partial charge in [-0.1, -0.05) is 30.3 Å². The maximum Gasteiger partial charge on any atom is 0.162 e. The van der Waals surface area contributed by atoms with Crippen molar-refractivity contribution in [2.75, 3.05) is 36.0 Å². The Balaban J connectivity index is 1.19. The molecule has 1 atom stereocenters. The first-order chi connectivity index (χ1) is 16.5. The van der Waals surface area contributed by atoms with Gasteiger partial charge in [-0.2, -0.15) is 0 Å². The van der Waals surface area contributed by atoms with Crippen LogP contribution < -0.4 is 15.1 Å². The first-order valence-corrected chi connectivity index (χ1v) is 11.9. The highest BCUT2D eigenvalue weighted by molar-refractivity contribution is 5.53. The van der Waals surface area contributed by atoms with E-state index in [1.165, 1.54) is 11.8 Å². The van der Waals surface area contributed by atoms with E-state index in [2.05, 4.69) is 44.4 Å². The van der Waals surface area contributed by atoms with E-state index in [1.54, 1.807) is 6.07 Å². The lowest BCUT2D eigenvalue weighted by molar-refractivity contribution is 0.108. The second-order valence-corrected chi connectivity index (χ2v) is 9.21. The van der Waals surface area contributed by atoms with E-state index in [9.17, 15) is 13.9 Å². The Kier molecular flexibility index (Phi) is 6.48. The van der Waals surface area contributed by atoms with E-state index in [1.807, 2.05) is 24.4 Å². The molecule has 0 amide bonds. The predicted molar refractivity (Wildman–Crippen MR) is 130 cm³/mol. The van der Waals surface area contributed by atoms with Gasteiger partial charge in [0, 0.05) is 43.6 Å². The second-order valence-electron chi connectivity index (χ2n) is 9.21. The maximum atomic E-state index is 13.9. The minimum atomic E-state index is -0.851. The van der Waals surface area contributed by atoms with Crippen LogP contribution in [0.3, 0.4) is 0 Å². The highest BCUT2D eigenvalue weighted by Crippen LogP contribution is 2.46. The Morgan fingerprint density at radius 2 is 1.71 bits per heavy atom. The number of benzene rings is 2. The average Bonchev–Trinajstić information content (AvgIpc) is 3.66. The third kappa shape index (κ3) is 4.91. The molecule has 2 aromatic carbocycles. The number of nitrogens with zero attached hydrogens (tertiary/aromatic N) is 3. The number of hydrogen-bond acceptors (Lipinski definition) is 5. The lowest BCUT2D eigenvalue weighted by Crippen LogP contribution is -2.47. The van der Waals surface area contributed by atoms with Crippen LogP contribution in [-0.2, 0) is 12.0 Å². The van der Waals surface area contributed by atoms with Crippen LogP contribution in [0.1, 0.15) is 30.4 Å². The van der Waals surface area contributed by atoms with Crippen LogP contribution in [0, 0.1) is 11.6 Å². The van der Waals surface area contributed by atoms with Crippen molar-refractivity contribution in [3.63, 3.8) is 0 Å². The van der Waals surface area contributed by atoms with Crippen LogP contribution in [0.25, 0.3) is 0 Å². The number of aromatic nitrogens is 1. The molecule has 1 aliphatic heterocycles. The summed E-state index contributed by atoms with van der Waals surface area (Å²) < 4.78 is 27.4. The number of aliphatic hydroxyl groups is 1. The molecule has 1 saturated heterocycles. The first kappa shape index (κ1) is 22.7. The Labute approximate surface area is 199 Å². The summed E-state index contributed by atoms with van der Waals surface area (Å²) >= 11 is 0. The summed E-state index contributed by atoms with van der Waals surface area (Å²) in [5.41, 5.74) is 2.37. The van der Waals surface area contributed by atoms with Gasteiger partial charge in [-0.15, -0.1) is 0 Å². The van der Waals surface area contributed by atoms with Gasteiger partial charge in [0.15, 0.2) is 11.6 Å². The van der Waals surface area contributed by atoms with Gasteiger partial charge in [0.25, 0.3) is 0 Å². The molecule has 1 saturated carbocycles. The number of aliphatic hydroxyl groups excluding tert-OH is 1. The molecule has 178 valence electrons. The Hall–Kier alpha value is -3.03. The van der Waals surface area contributed by atoms with Crippen molar-refractivity contribution in [2.24, 2.45) is 0 Å². The fraction of sp³-hybridized carbons (Fsp3) is 0.370. The molecule has 2 aliphatic rings. The molecule has 2 N–H and O–H groups in total. The molecule has 2 fully saturated rings. The van der Waals surface area contributed by atoms with Crippen LogP contribution in [0.2, 0.25) is 0 Å². The Morgan fingerprint density at radius 1 is 0.941 bits per heavy atom. The first-order valence-electron chi connectivity index (χ1n) is 11.9. The second kappa shape index (κ2) is 9.68. The number of aryl methyl sites for hydroxylation is 1. The third-order valence-electron chi connectivity index (χ3n) is 6.93. The Morgan fingerprint density at radius 3 is 2.44 bits per heavy atom. The standard InChI is InChI=1S/C27H30F2N4O/c28-23-8-3-5-20(26(23)29)10-11-25(34)31-27(12-13-27)21-6-4-7-22(19-21)32-15-17-33(18-16-32)24-9-1-2-14-30-24/h1-9,14,19,25,31,34H,10-13,15-18H2. The van der Waals surface area contributed by atoms with Gasteiger partial charge in [0.1, 0.15) is 12.0 Å². The molecular weight excluding hydrogens is 434 g/mol. The van der Waals surface area contributed by atoms with Crippen LogP contribution >= 0.6 is 0 Å². The fourth-order valence-electron chi connectivity index (χ4n) is 4.80. The number of halogens is 2. The number of piperazine rings is 1. The zero-order valence-corrected chi connectivity index (χ0v) is 19.1. The molecule has 5 nitrogen and oxygen atoms in total. The van der Waals surface area contributed by atoms with Crippen molar-refractivity contribution in [2.45, 2.75) is 37.5 Å². The van der Waals surface area contributed by atoms with Crippen molar-refractivity contribution in [3.05, 3.63) is 89.6 Å². The quantitative estimate of drug-likeness (QED) is 0.489. The molecule has 1 unspecified atom stereocenters. The van der Waals surface area contributed by atoms with Gasteiger partial charge in [-0.25, -0.2) is 13.8 Å². The van der Waals surface area contributed by atoms with Crippen LogP contribution in [0.5, 0.6) is 0 Å². The highest BCUT2D eigenvalue weighted by Gasteiger charge is 2.45. The molecule has 1 aliphatic carbocycles. The zero-order valence-electron chi connectivity index (χ0n) is 19.1. The van der Waals surface area contributed by atoms with E-state index in [0.717, 1.165) is 56.5 Å². The summed E-state index contributed by atoms with van der Waals surface area (Å²) in [4.78, 5) is 9.16. The molecule has 3 aromatic rings. The molecule has 1 aromatic heterocycles. The van der Waals surface area contributed by atoms with Crippen LogP contribution in [-0.4, -0.2) is 42.5 Å². The average molecular weight is 465 g/mol. The van der Waals surface area contributed by atoms with Crippen molar-refractivity contribution in [1.29, 1.82) is 0 Å². The molecule has 2 heterocycles. The zero-order chi connectivity index (χ0) is 23.5. The molecule has 0 radical (unpaired) electrons. The number of nitrogens with one attached hydrogen (secondary N) is 1. The fourth-order valence-corrected chi connectivity index (χ4v) is 4.80. The predicted octanol–water partition coefficient (Wildman–Crippen LogP) is 4.22. The molecule has 5 rings (SSSR count). The van der Waals surface area contributed by atoms with Gasteiger partial charge in [-0.05, 0) is 67.1 Å². The van der Waals surface area contributed by atoms with Gasteiger partial charge >= 0.3 is 0 Å². The number of rotatable bonds is 8. The van der Waals surface area contributed by atoms with Crippen molar-refractivity contribution in [1.82, 2.24) is 10.3 Å². The van der Waals surface area contributed by atoms with E-state index in [4.69, 9.17) is 0 Å². The van der Waals surface area contributed by atoms with Crippen molar-refractivity contribution < 1.29 is 13.9 Å². The summed E-state index contributed by atoms with van der Waals surface area (Å²) in [6.45, 7) is 3.67. The Bertz CT molecular complexity index is 1110. The van der Waals surface area contributed by atoms with Gasteiger partial charge in [0.2, 0.25) is 0 Å². The number of hydrogen-bond donors (Lipinski definition) is 2. The summed E-state index contributed by atoms with van der Waals surface area (Å²) in [6.07, 6.45) is 3.50. The minimum absolute atomic E-state index is 0.258. The summed E-state index contributed by atoms with van der Waals surface area (Å²) in [7, 11) is 0. The SMILES string of the molecule is OC(CCc1cccc(F)c1F)NC1(c2cccc(N3CCN(c4ccccn4)CC3)c2)CC1. The van der Waals surface area contributed by atoms with Crippen molar-refractivity contribution >= 4 is 11.5 Å². The topological polar surface area (TPSA) is 51.6 Å². The van der Waals surface area contributed by atoms with E-state index in [0.29, 0.717) is 6.42 Å². The highest BCUT2D eigenvalue weighted by atomic mass is 19.2. The van der Waals surface area contributed by atoms with Gasteiger partial charge < -0.3 is 14.9 Å². The molecule has 7 heteroatoms. The lowest BCUT2D eigenvalue weighted by Gasteiger charge is -2.37. The third-order valence-corrected chi connectivity index (χ3v) is 6.93. The number of pyridine rings is 1. The van der Waals surface area contributed by atoms with Crippen molar-refractivity contribution in [3.8, 4) is 0 Å². The molecule has 34 heavy (non-hydrogen) atoms. The van der Waals surface area contributed by atoms with Gasteiger partial charge in [0.05, 0.1) is 0 Å². The summed E-state index contributed by atoms with van der Waals surface area (Å²) in [5.74, 6) is -0.660. The van der Waals surface area contributed by atoms with Crippen LogP contribution in [0.4, 0.5) is 20.3 Å². The largest absolute Gasteiger partial charge is 0.379 e.